The van der Waals surface area contributed by atoms with Crippen molar-refractivity contribution >= 4 is 27.5 Å². The zero-order valence-corrected chi connectivity index (χ0v) is 11.0. The van der Waals surface area contributed by atoms with Crippen LogP contribution in [0.5, 0.6) is 0 Å². The summed E-state index contributed by atoms with van der Waals surface area (Å²) in [6, 6.07) is 0.275. The molecule has 1 atom stereocenters. The smallest absolute Gasteiger partial charge is 0.318 e. The molecule has 2 rings (SSSR count). The lowest BCUT2D eigenvalue weighted by molar-refractivity contribution is 0.482. The van der Waals surface area contributed by atoms with Gasteiger partial charge in [-0.05, 0) is 6.42 Å². The van der Waals surface area contributed by atoms with Crippen molar-refractivity contribution in [2.45, 2.75) is 18.9 Å². The Kier molecular flexibility index (Phi) is 3.58. The van der Waals surface area contributed by atoms with Gasteiger partial charge in [-0.2, -0.15) is 0 Å². The maximum Gasteiger partial charge on any atom is 0.318 e. The second-order valence-electron chi connectivity index (χ2n) is 4.09. The number of aromatic nitrogens is 2. The topological polar surface area (TPSA) is 76.3 Å². The average molecular weight is 280 g/mol. The zero-order valence-electron chi connectivity index (χ0n) is 9.47. The highest BCUT2D eigenvalue weighted by Gasteiger charge is 2.32. The summed E-state index contributed by atoms with van der Waals surface area (Å²) in [6.45, 7) is 0. The molecule has 0 N–H and O–H groups in total. The van der Waals surface area contributed by atoms with Gasteiger partial charge in [0.15, 0.2) is 9.84 Å². The Bertz CT molecular complexity index is 487. The molecule has 0 radical (unpaired) electrons. The highest BCUT2D eigenvalue weighted by atomic mass is 35.5. The predicted molar refractivity (Wildman–Crippen MR) is 64.2 cm³/mol. The first-order valence-corrected chi connectivity index (χ1v) is 7.69. The van der Waals surface area contributed by atoms with Crippen LogP contribution in [0.15, 0.2) is 4.42 Å². The summed E-state index contributed by atoms with van der Waals surface area (Å²) in [5, 5.41) is 7.73. The number of hydrogen-bond acceptors (Lipinski definition) is 6. The van der Waals surface area contributed by atoms with Gasteiger partial charge >= 0.3 is 6.01 Å². The van der Waals surface area contributed by atoms with E-state index in [0.29, 0.717) is 30.6 Å². The van der Waals surface area contributed by atoms with E-state index in [0.717, 1.165) is 0 Å². The number of anilines is 1. The fourth-order valence-electron chi connectivity index (χ4n) is 1.81. The third-order valence-electron chi connectivity index (χ3n) is 2.82. The van der Waals surface area contributed by atoms with Crippen LogP contribution in [0.1, 0.15) is 12.3 Å². The summed E-state index contributed by atoms with van der Waals surface area (Å²) < 4.78 is 28.1. The molecule has 1 fully saturated rings. The van der Waals surface area contributed by atoms with Crippen molar-refractivity contribution in [1.82, 2.24) is 10.2 Å². The SMILES string of the molecule is CN(c1nnc(CCCl)o1)C1CCS(=O)(=O)C1. The molecule has 1 unspecified atom stereocenters. The molecule has 0 aromatic carbocycles. The van der Waals surface area contributed by atoms with Gasteiger partial charge in [0.25, 0.3) is 0 Å². The van der Waals surface area contributed by atoms with Gasteiger partial charge in [-0.1, -0.05) is 5.10 Å². The Hall–Kier alpha value is -0.820. The van der Waals surface area contributed by atoms with Gasteiger partial charge in [-0.25, -0.2) is 8.42 Å². The number of rotatable bonds is 4. The molecular weight excluding hydrogens is 266 g/mol. The van der Waals surface area contributed by atoms with E-state index in [4.69, 9.17) is 16.0 Å². The van der Waals surface area contributed by atoms with Gasteiger partial charge in [0.1, 0.15) is 0 Å². The Morgan fingerprint density at radius 1 is 1.53 bits per heavy atom. The molecule has 0 aliphatic carbocycles. The number of halogens is 1. The third kappa shape index (κ3) is 2.90. The van der Waals surface area contributed by atoms with Gasteiger partial charge in [-0.15, -0.1) is 16.7 Å². The summed E-state index contributed by atoms with van der Waals surface area (Å²) in [5.41, 5.74) is 0. The van der Waals surface area contributed by atoms with Crippen LogP contribution in [0.3, 0.4) is 0 Å². The first-order valence-electron chi connectivity index (χ1n) is 5.33. The van der Waals surface area contributed by atoms with Crippen molar-refractivity contribution < 1.29 is 12.8 Å². The summed E-state index contributed by atoms with van der Waals surface area (Å²) >= 11 is 5.57. The zero-order chi connectivity index (χ0) is 12.5. The fourth-order valence-corrected chi connectivity index (χ4v) is 3.74. The quantitative estimate of drug-likeness (QED) is 0.746. The summed E-state index contributed by atoms with van der Waals surface area (Å²) in [7, 11) is -1.14. The Morgan fingerprint density at radius 2 is 2.29 bits per heavy atom. The van der Waals surface area contributed by atoms with Crippen LogP contribution < -0.4 is 4.90 Å². The third-order valence-corrected chi connectivity index (χ3v) is 4.76. The van der Waals surface area contributed by atoms with E-state index in [1.807, 2.05) is 0 Å². The maximum absolute atomic E-state index is 11.4. The first kappa shape index (κ1) is 12.6. The van der Waals surface area contributed by atoms with Gasteiger partial charge in [0, 0.05) is 25.4 Å². The predicted octanol–water partition coefficient (Wildman–Crippen LogP) is 0.474. The molecule has 1 aromatic heterocycles. The standard InChI is InChI=1S/C9H14ClN3O3S/c1-13(7-3-5-17(14,15)6-7)9-12-11-8(16-9)2-4-10/h7H,2-6H2,1H3. The second kappa shape index (κ2) is 4.81. The van der Waals surface area contributed by atoms with Crippen molar-refractivity contribution in [3.8, 4) is 0 Å². The van der Waals surface area contributed by atoms with E-state index < -0.39 is 9.84 Å². The van der Waals surface area contributed by atoms with Crippen molar-refractivity contribution in [1.29, 1.82) is 0 Å². The van der Waals surface area contributed by atoms with E-state index in [-0.39, 0.29) is 17.5 Å². The second-order valence-corrected chi connectivity index (χ2v) is 6.69. The maximum atomic E-state index is 11.4. The molecular formula is C9H14ClN3O3S. The molecule has 0 amide bonds. The molecule has 1 saturated heterocycles. The summed E-state index contributed by atoms with van der Waals surface area (Å²) in [6.07, 6.45) is 1.12. The molecule has 2 heterocycles. The highest BCUT2D eigenvalue weighted by Crippen LogP contribution is 2.21. The Balaban J connectivity index is 2.06. The summed E-state index contributed by atoms with van der Waals surface area (Å²) in [5.74, 6) is 1.27. The van der Waals surface area contributed by atoms with E-state index in [1.165, 1.54) is 0 Å². The molecule has 0 spiro atoms. The minimum atomic E-state index is -2.90. The van der Waals surface area contributed by atoms with Crippen LogP contribution in [0.4, 0.5) is 6.01 Å². The first-order chi connectivity index (χ1) is 8.02. The average Bonchev–Trinajstić information content (AvgIpc) is 2.85. The van der Waals surface area contributed by atoms with Crippen molar-refractivity contribution in [2.75, 3.05) is 29.3 Å². The fraction of sp³-hybridized carbons (Fsp3) is 0.778. The van der Waals surface area contributed by atoms with E-state index in [2.05, 4.69) is 10.2 Å². The lowest BCUT2D eigenvalue weighted by Crippen LogP contribution is -2.32. The van der Waals surface area contributed by atoms with Crippen molar-refractivity contribution in [2.24, 2.45) is 0 Å². The van der Waals surface area contributed by atoms with E-state index in [1.54, 1.807) is 11.9 Å². The van der Waals surface area contributed by atoms with Crippen molar-refractivity contribution in [3.05, 3.63) is 5.89 Å². The Labute approximate surface area is 105 Å². The lowest BCUT2D eigenvalue weighted by atomic mass is 10.2. The molecule has 0 saturated carbocycles. The molecule has 6 nitrogen and oxygen atoms in total. The number of aryl methyl sites for hydroxylation is 1. The normalized spacial score (nSPS) is 22.8. The molecule has 96 valence electrons. The molecule has 8 heteroatoms. The molecule has 1 aromatic rings. The monoisotopic (exact) mass is 279 g/mol. The van der Waals surface area contributed by atoms with Gasteiger partial charge in [0.2, 0.25) is 5.89 Å². The minimum Gasteiger partial charge on any atom is -0.408 e. The van der Waals surface area contributed by atoms with Gasteiger partial charge in [-0.3, -0.25) is 0 Å². The number of nitrogens with zero attached hydrogens (tertiary/aromatic N) is 3. The highest BCUT2D eigenvalue weighted by molar-refractivity contribution is 7.91. The van der Waals surface area contributed by atoms with E-state index >= 15 is 0 Å². The van der Waals surface area contributed by atoms with Crippen molar-refractivity contribution in [3.63, 3.8) is 0 Å². The molecule has 1 aliphatic rings. The molecule has 1 aliphatic heterocycles. The van der Waals surface area contributed by atoms with Crippen LogP contribution in [-0.2, 0) is 16.3 Å². The number of sulfone groups is 1. The van der Waals surface area contributed by atoms with Gasteiger partial charge < -0.3 is 9.32 Å². The molecule has 0 bridgehead atoms. The Morgan fingerprint density at radius 3 is 2.88 bits per heavy atom. The van der Waals surface area contributed by atoms with Crippen LogP contribution >= 0.6 is 11.6 Å². The lowest BCUT2D eigenvalue weighted by Gasteiger charge is -2.20. The number of hydrogen-bond donors (Lipinski definition) is 0. The largest absolute Gasteiger partial charge is 0.408 e. The van der Waals surface area contributed by atoms with Gasteiger partial charge in [0.05, 0.1) is 11.5 Å². The van der Waals surface area contributed by atoms with E-state index in [9.17, 15) is 8.42 Å². The molecule has 17 heavy (non-hydrogen) atoms. The van der Waals surface area contributed by atoms with Crippen LogP contribution in [-0.4, -0.2) is 49.1 Å². The van der Waals surface area contributed by atoms with Crippen LogP contribution in [0.2, 0.25) is 0 Å². The summed E-state index contributed by atoms with van der Waals surface area (Å²) in [4.78, 5) is 1.73. The van der Waals surface area contributed by atoms with Crippen LogP contribution in [0, 0.1) is 0 Å². The number of alkyl halides is 1. The van der Waals surface area contributed by atoms with Crippen LogP contribution in [0.25, 0.3) is 0 Å². The minimum absolute atomic E-state index is 0.0794.